The lowest BCUT2D eigenvalue weighted by Gasteiger charge is -2.42. The van der Waals surface area contributed by atoms with Gasteiger partial charge < -0.3 is 20.1 Å². The van der Waals surface area contributed by atoms with Gasteiger partial charge in [-0.1, -0.05) is 18.2 Å². The number of fused-ring (bicyclic) bond motifs is 1. The minimum Gasteiger partial charge on any atom is -0.496 e. The molecule has 0 spiro atoms. The van der Waals surface area contributed by atoms with E-state index in [2.05, 4.69) is 15.6 Å². The summed E-state index contributed by atoms with van der Waals surface area (Å²) in [5.74, 6) is -0.221. The minimum absolute atomic E-state index is 0.174. The number of hydrogen-bond donors (Lipinski definition) is 2. The third-order valence-electron chi connectivity index (χ3n) is 5.90. The van der Waals surface area contributed by atoms with Gasteiger partial charge in [-0.05, 0) is 19.1 Å². The summed E-state index contributed by atoms with van der Waals surface area (Å²) >= 11 is 0. The molecule has 164 valence electrons. The van der Waals surface area contributed by atoms with Crippen LogP contribution < -0.4 is 15.4 Å². The molecule has 0 aliphatic carbocycles. The Morgan fingerprint density at radius 1 is 1.13 bits per heavy atom. The predicted octanol–water partition coefficient (Wildman–Crippen LogP) is 4.94. The fraction of sp³-hybridized carbons (Fsp3) is 0.348. The van der Waals surface area contributed by atoms with Gasteiger partial charge in [0, 0.05) is 54.7 Å². The van der Waals surface area contributed by atoms with Crippen molar-refractivity contribution < 1.29 is 22.6 Å². The van der Waals surface area contributed by atoms with E-state index in [1.54, 1.807) is 33.4 Å². The number of aromatic nitrogens is 1. The maximum absolute atomic E-state index is 14.6. The maximum Gasteiger partial charge on any atom is 0.266 e. The van der Waals surface area contributed by atoms with Gasteiger partial charge in [-0.3, -0.25) is 4.98 Å². The van der Waals surface area contributed by atoms with E-state index in [1.165, 1.54) is 12.1 Å². The first kappa shape index (κ1) is 21.4. The van der Waals surface area contributed by atoms with Crippen molar-refractivity contribution in [3.63, 3.8) is 0 Å². The van der Waals surface area contributed by atoms with Crippen molar-refractivity contribution in [1.29, 1.82) is 0 Å². The SMILES string of the molecule is COc1cc2nccc(N[C@H](C)c3cccc(C(F)F)c3F)c2cc1C1(OC)CNC1. The van der Waals surface area contributed by atoms with Gasteiger partial charge in [-0.15, -0.1) is 0 Å². The zero-order valence-corrected chi connectivity index (χ0v) is 17.5. The Morgan fingerprint density at radius 2 is 1.87 bits per heavy atom. The minimum atomic E-state index is -2.87. The summed E-state index contributed by atoms with van der Waals surface area (Å²) in [4.78, 5) is 4.43. The molecule has 8 heteroatoms. The number of nitrogens with zero attached hydrogens (tertiary/aromatic N) is 1. The van der Waals surface area contributed by atoms with E-state index in [4.69, 9.17) is 9.47 Å². The standard InChI is InChI=1S/C23H24F3N3O2/c1-13(14-5-4-6-15(21(14)24)22(25)26)29-18-7-8-28-19-10-20(30-2)17(9-16(18)19)23(31-3)11-27-12-23/h4-10,13,22,27H,11-12H2,1-3H3,(H,28,29)/t13-/m1/s1. The molecule has 1 saturated heterocycles. The molecular weight excluding hydrogens is 407 g/mol. The second-order valence-electron chi connectivity index (χ2n) is 7.65. The number of benzene rings is 2. The molecule has 2 N–H and O–H groups in total. The molecule has 0 bridgehead atoms. The molecule has 0 radical (unpaired) electrons. The van der Waals surface area contributed by atoms with Crippen molar-refractivity contribution in [2.24, 2.45) is 0 Å². The highest BCUT2D eigenvalue weighted by molar-refractivity contribution is 5.93. The van der Waals surface area contributed by atoms with Gasteiger partial charge in [0.05, 0.1) is 24.2 Å². The number of nitrogens with one attached hydrogen (secondary N) is 2. The van der Waals surface area contributed by atoms with Crippen molar-refractivity contribution >= 4 is 16.6 Å². The van der Waals surface area contributed by atoms with Crippen molar-refractivity contribution in [3.8, 4) is 5.75 Å². The highest BCUT2D eigenvalue weighted by Gasteiger charge is 2.41. The summed E-state index contributed by atoms with van der Waals surface area (Å²) in [6, 6.07) is 9.10. The van der Waals surface area contributed by atoms with E-state index in [-0.39, 0.29) is 5.56 Å². The molecule has 1 aliphatic rings. The molecular formula is C23H24F3N3O2. The van der Waals surface area contributed by atoms with Crippen LogP contribution in [0, 0.1) is 5.82 Å². The number of rotatable bonds is 7. The zero-order chi connectivity index (χ0) is 22.2. The smallest absolute Gasteiger partial charge is 0.266 e. The molecule has 2 aromatic carbocycles. The molecule has 3 aromatic rings. The summed E-state index contributed by atoms with van der Waals surface area (Å²) < 4.78 is 52.2. The third kappa shape index (κ3) is 3.70. The zero-order valence-electron chi connectivity index (χ0n) is 17.5. The van der Waals surface area contributed by atoms with E-state index < -0.39 is 29.4 Å². The lowest BCUT2D eigenvalue weighted by molar-refractivity contribution is -0.0578. The molecule has 31 heavy (non-hydrogen) atoms. The molecule has 0 saturated carbocycles. The van der Waals surface area contributed by atoms with Gasteiger partial charge in [0.15, 0.2) is 0 Å². The number of anilines is 1. The largest absolute Gasteiger partial charge is 0.496 e. The van der Waals surface area contributed by atoms with Crippen LogP contribution in [0.1, 0.15) is 36.1 Å². The van der Waals surface area contributed by atoms with Crippen molar-refractivity contribution in [2.45, 2.75) is 25.0 Å². The molecule has 1 aromatic heterocycles. The number of halogens is 3. The highest BCUT2D eigenvalue weighted by Crippen LogP contribution is 2.40. The summed E-state index contributed by atoms with van der Waals surface area (Å²) in [5, 5.41) is 7.29. The summed E-state index contributed by atoms with van der Waals surface area (Å²) in [6.45, 7) is 3.03. The van der Waals surface area contributed by atoms with Crippen molar-refractivity contribution in [2.75, 3.05) is 32.6 Å². The molecule has 1 atom stereocenters. The predicted molar refractivity (Wildman–Crippen MR) is 113 cm³/mol. The average molecular weight is 431 g/mol. The Balaban J connectivity index is 1.76. The number of ether oxygens (including phenoxy) is 2. The van der Waals surface area contributed by atoms with Crippen LogP contribution in [0.4, 0.5) is 18.9 Å². The monoisotopic (exact) mass is 431 g/mol. The van der Waals surface area contributed by atoms with Gasteiger partial charge in [0.2, 0.25) is 0 Å². The average Bonchev–Trinajstić information content (AvgIpc) is 2.73. The van der Waals surface area contributed by atoms with Crippen LogP contribution in [0.15, 0.2) is 42.6 Å². The number of pyridine rings is 1. The topological polar surface area (TPSA) is 55.4 Å². The van der Waals surface area contributed by atoms with Gasteiger partial charge in [-0.2, -0.15) is 0 Å². The van der Waals surface area contributed by atoms with Gasteiger partial charge >= 0.3 is 0 Å². The molecule has 1 aliphatic heterocycles. The van der Waals surface area contributed by atoms with Gasteiger partial charge in [0.1, 0.15) is 17.2 Å². The second kappa shape index (κ2) is 8.36. The van der Waals surface area contributed by atoms with E-state index in [1.807, 2.05) is 12.1 Å². The normalized spacial score (nSPS) is 16.2. The number of hydrogen-bond acceptors (Lipinski definition) is 5. The Morgan fingerprint density at radius 3 is 2.48 bits per heavy atom. The van der Waals surface area contributed by atoms with E-state index in [0.29, 0.717) is 30.0 Å². The van der Waals surface area contributed by atoms with Crippen LogP contribution in [0.25, 0.3) is 10.9 Å². The Labute approximate surface area is 178 Å². The summed E-state index contributed by atoms with van der Waals surface area (Å²) in [6.07, 6.45) is -1.23. The molecule has 2 heterocycles. The Kier molecular flexibility index (Phi) is 5.77. The fourth-order valence-electron chi connectivity index (χ4n) is 4.00. The van der Waals surface area contributed by atoms with Gasteiger partial charge in [0.25, 0.3) is 6.43 Å². The van der Waals surface area contributed by atoms with Crippen LogP contribution >= 0.6 is 0 Å². The summed E-state index contributed by atoms with van der Waals surface area (Å²) in [5.41, 5.74) is 1.36. The second-order valence-corrected chi connectivity index (χ2v) is 7.65. The number of alkyl halides is 2. The first-order valence-corrected chi connectivity index (χ1v) is 9.96. The van der Waals surface area contributed by atoms with Crippen molar-refractivity contribution in [1.82, 2.24) is 10.3 Å². The third-order valence-corrected chi connectivity index (χ3v) is 5.90. The quantitative estimate of drug-likeness (QED) is 0.555. The fourth-order valence-corrected chi connectivity index (χ4v) is 4.00. The number of methoxy groups -OCH3 is 2. The lowest BCUT2D eigenvalue weighted by Crippen LogP contribution is -2.58. The Hall–Kier alpha value is -2.84. The van der Waals surface area contributed by atoms with Crippen molar-refractivity contribution in [3.05, 3.63) is 65.1 Å². The van der Waals surface area contributed by atoms with Crippen LogP contribution in [-0.4, -0.2) is 32.3 Å². The van der Waals surface area contributed by atoms with Crippen LogP contribution in [0.5, 0.6) is 5.75 Å². The Bertz CT molecular complexity index is 1100. The lowest BCUT2D eigenvalue weighted by atomic mass is 9.86. The summed E-state index contributed by atoms with van der Waals surface area (Å²) in [7, 11) is 3.26. The molecule has 1 fully saturated rings. The first-order chi connectivity index (χ1) is 14.9. The molecule has 4 rings (SSSR count). The van der Waals surface area contributed by atoms with E-state index >= 15 is 0 Å². The first-order valence-electron chi connectivity index (χ1n) is 9.96. The van der Waals surface area contributed by atoms with E-state index in [0.717, 1.165) is 17.0 Å². The van der Waals surface area contributed by atoms with E-state index in [9.17, 15) is 13.2 Å². The molecule has 0 unspecified atom stereocenters. The highest BCUT2D eigenvalue weighted by atomic mass is 19.3. The maximum atomic E-state index is 14.6. The van der Waals surface area contributed by atoms with Gasteiger partial charge in [-0.25, -0.2) is 13.2 Å². The molecule has 5 nitrogen and oxygen atoms in total. The van der Waals surface area contributed by atoms with Crippen LogP contribution in [0.2, 0.25) is 0 Å². The van der Waals surface area contributed by atoms with Crippen LogP contribution in [-0.2, 0) is 10.3 Å². The van der Waals surface area contributed by atoms with Crippen LogP contribution in [0.3, 0.4) is 0 Å². The molecule has 0 amide bonds.